The summed E-state index contributed by atoms with van der Waals surface area (Å²) in [6.07, 6.45) is 1.82. The Labute approximate surface area is 116 Å². The molecule has 0 N–H and O–H groups in total. The van der Waals surface area contributed by atoms with Gasteiger partial charge in [0, 0.05) is 37.6 Å². The molecule has 0 unspecified atom stereocenters. The van der Waals surface area contributed by atoms with Gasteiger partial charge in [0.15, 0.2) is 11.5 Å². The van der Waals surface area contributed by atoms with E-state index >= 15 is 0 Å². The molecule has 0 bridgehead atoms. The number of rotatable bonds is 2. The number of anilines is 1. The van der Waals surface area contributed by atoms with Crippen LogP contribution >= 0.6 is 0 Å². The summed E-state index contributed by atoms with van der Waals surface area (Å²) in [4.78, 5) is 2.04. The van der Waals surface area contributed by atoms with E-state index in [0.717, 1.165) is 17.1 Å². The lowest BCUT2D eigenvalue weighted by molar-refractivity contribution is 1.10. The lowest BCUT2D eigenvalue weighted by atomic mass is 10.2. The summed E-state index contributed by atoms with van der Waals surface area (Å²) in [6.45, 7) is 0. The average molecular weight is 263 g/mol. The maximum Gasteiger partial charge on any atom is 0.168 e. The van der Waals surface area contributed by atoms with E-state index in [9.17, 15) is 0 Å². The van der Waals surface area contributed by atoms with E-state index in [0.29, 0.717) is 11.2 Å². The molecule has 0 fully saturated rings. The molecule has 0 aliphatic heterocycles. The summed E-state index contributed by atoms with van der Waals surface area (Å²) in [5, 5.41) is 17.3. The second-order valence-electron chi connectivity index (χ2n) is 4.72. The molecule has 3 rings (SSSR count). The first-order chi connectivity index (χ1) is 9.69. The van der Waals surface area contributed by atoms with Gasteiger partial charge in [-0.1, -0.05) is 12.1 Å². The second-order valence-corrected chi connectivity index (χ2v) is 4.72. The lowest BCUT2D eigenvalue weighted by Crippen LogP contribution is -2.08. The number of hydrogen-bond acceptors (Lipinski definition) is 4. The maximum absolute atomic E-state index is 8.91. The van der Waals surface area contributed by atoms with Gasteiger partial charge in [0.1, 0.15) is 0 Å². The molecule has 2 heterocycles. The first-order valence-corrected chi connectivity index (χ1v) is 6.21. The molecule has 3 aromatic rings. The van der Waals surface area contributed by atoms with E-state index in [1.54, 1.807) is 12.1 Å². The molecule has 0 saturated carbocycles. The summed E-state index contributed by atoms with van der Waals surface area (Å²) >= 11 is 0. The van der Waals surface area contributed by atoms with E-state index in [1.807, 2.05) is 47.8 Å². The highest BCUT2D eigenvalue weighted by Gasteiger charge is 2.09. The van der Waals surface area contributed by atoms with Crippen molar-refractivity contribution in [2.75, 3.05) is 19.0 Å². The van der Waals surface area contributed by atoms with Gasteiger partial charge < -0.3 is 4.90 Å². The Morgan fingerprint density at radius 1 is 1.15 bits per heavy atom. The van der Waals surface area contributed by atoms with Gasteiger partial charge in [-0.15, -0.1) is 10.2 Å². The van der Waals surface area contributed by atoms with Crippen LogP contribution in [0, 0.1) is 11.3 Å². The van der Waals surface area contributed by atoms with Crippen molar-refractivity contribution in [3.63, 3.8) is 0 Å². The van der Waals surface area contributed by atoms with Crippen LogP contribution in [0.25, 0.3) is 17.0 Å². The van der Waals surface area contributed by atoms with Gasteiger partial charge in [0.25, 0.3) is 0 Å². The van der Waals surface area contributed by atoms with Crippen LogP contribution in [0.1, 0.15) is 5.56 Å². The van der Waals surface area contributed by atoms with Gasteiger partial charge in [-0.3, -0.25) is 4.40 Å². The molecule has 0 spiro atoms. The Hall–Kier alpha value is -2.87. The fourth-order valence-corrected chi connectivity index (χ4v) is 2.08. The van der Waals surface area contributed by atoms with Crippen LogP contribution in [-0.4, -0.2) is 28.7 Å². The fraction of sp³-hybridized carbons (Fsp3) is 0.133. The predicted molar refractivity (Wildman–Crippen MR) is 77.5 cm³/mol. The van der Waals surface area contributed by atoms with Crippen LogP contribution < -0.4 is 4.90 Å². The predicted octanol–water partition coefficient (Wildman–Crippen LogP) is 2.33. The van der Waals surface area contributed by atoms with Crippen molar-refractivity contribution in [1.82, 2.24) is 14.6 Å². The van der Waals surface area contributed by atoms with Gasteiger partial charge in [-0.25, -0.2) is 0 Å². The monoisotopic (exact) mass is 263 g/mol. The van der Waals surface area contributed by atoms with Crippen LogP contribution in [0.4, 0.5) is 5.69 Å². The van der Waals surface area contributed by atoms with E-state index in [2.05, 4.69) is 22.3 Å². The van der Waals surface area contributed by atoms with Gasteiger partial charge in [-0.2, -0.15) is 5.26 Å². The molecule has 0 aliphatic carbocycles. The van der Waals surface area contributed by atoms with Crippen molar-refractivity contribution in [2.24, 2.45) is 0 Å². The fourth-order valence-electron chi connectivity index (χ4n) is 2.08. The maximum atomic E-state index is 8.91. The first kappa shape index (κ1) is 12.2. The van der Waals surface area contributed by atoms with Gasteiger partial charge >= 0.3 is 0 Å². The molecular formula is C15H13N5. The SMILES string of the molecule is CN(C)c1cccc(-c2nnc3cc(C#N)ccn23)c1. The third kappa shape index (κ3) is 1.97. The van der Waals surface area contributed by atoms with Crippen LogP contribution in [0.2, 0.25) is 0 Å². The van der Waals surface area contributed by atoms with Crippen molar-refractivity contribution in [3.8, 4) is 17.5 Å². The summed E-state index contributed by atoms with van der Waals surface area (Å²) in [5.74, 6) is 0.771. The van der Waals surface area contributed by atoms with Crippen molar-refractivity contribution in [2.45, 2.75) is 0 Å². The zero-order chi connectivity index (χ0) is 14.1. The van der Waals surface area contributed by atoms with Crippen molar-refractivity contribution in [3.05, 3.63) is 48.2 Å². The summed E-state index contributed by atoms with van der Waals surface area (Å²) in [7, 11) is 4.00. The topological polar surface area (TPSA) is 57.2 Å². The Kier molecular flexibility index (Phi) is 2.84. The molecule has 0 amide bonds. The Balaban J connectivity index is 2.15. The number of benzene rings is 1. The minimum atomic E-state index is 0.582. The van der Waals surface area contributed by atoms with E-state index < -0.39 is 0 Å². The standard InChI is InChI=1S/C15H13N5/c1-19(2)13-5-3-4-12(9-13)15-18-17-14-8-11(10-16)6-7-20(14)15/h3-9H,1-2H3. The molecule has 0 radical (unpaired) electrons. The first-order valence-electron chi connectivity index (χ1n) is 6.21. The zero-order valence-corrected chi connectivity index (χ0v) is 11.3. The summed E-state index contributed by atoms with van der Waals surface area (Å²) < 4.78 is 1.88. The van der Waals surface area contributed by atoms with Crippen LogP contribution in [0.5, 0.6) is 0 Å². The van der Waals surface area contributed by atoms with Crippen molar-refractivity contribution < 1.29 is 0 Å². The molecular weight excluding hydrogens is 250 g/mol. The molecule has 5 heteroatoms. The second kappa shape index (κ2) is 4.67. The smallest absolute Gasteiger partial charge is 0.168 e. The minimum Gasteiger partial charge on any atom is -0.378 e. The molecule has 1 aromatic carbocycles. The van der Waals surface area contributed by atoms with Crippen LogP contribution in [-0.2, 0) is 0 Å². The highest BCUT2D eigenvalue weighted by atomic mass is 15.2. The van der Waals surface area contributed by atoms with E-state index in [1.165, 1.54) is 0 Å². The molecule has 0 aliphatic rings. The summed E-state index contributed by atoms with van der Waals surface area (Å²) in [6, 6.07) is 13.7. The van der Waals surface area contributed by atoms with Crippen LogP contribution in [0.15, 0.2) is 42.6 Å². The van der Waals surface area contributed by atoms with Crippen LogP contribution in [0.3, 0.4) is 0 Å². The highest BCUT2D eigenvalue weighted by molar-refractivity contribution is 5.65. The average Bonchev–Trinajstić information content (AvgIpc) is 2.90. The van der Waals surface area contributed by atoms with Crippen molar-refractivity contribution in [1.29, 1.82) is 5.26 Å². The lowest BCUT2D eigenvalue weighted by Gasteiger charge is -2.13. The Morgan fingerprint density at radius 3 is 2.75 bits per heavy atom. The Bertz CT molecular complexity index is 810. The molecule has 0 atom stereocenters. The number of aromatic nitrogens is 3. The number of nitriles is 1. The van der Waals surface area contributed by atoms with E-state index in [4.69, 9.17) is 5.26 Å². The Morgan fingerprint density at radius 2 is 2.00 bits per heavy atom. The third-order valence-corrected chi connectivity index (χ3v) is 3.16. The van der Waals surface area contributed by atoms with Gasteiger partial charge in [-0.05, 0) is 18.2 Å². The normalized spacial score (nSPS) is 10.4. The molecule has 0 saturated heterocycles. The molecule has 20 heavy (non-hydrogen) atoms. The summed E-state index contributed by atoms with van der Waals surface area (Å²) in [5.41, 5.74) is 3.36. The quantitative estimate of drug-likeness (QED) is 0.712. The number of nitrogens with zero attached hydrogens (tertiary/aromatic N) is 5. The van der Waals surface area contributed by atoms with Crippen molar-refractivity contribution >= 4 is 11.3 Å². The largest absolute Gasteiger partial charge is 0.378 e. The zero-order valence-electron chi connectivity index (χ0n) is 11.3. The van der Waals surface area contributed by atoms with Gasteiger partial charge in [0.05, 0.1) is 11.6 Å². The molecule has 2 aromatic heterocycles. The number of fused-ring (bicyclic) bond motifs is 1. The van der Waals surface area contributed by atoms with E-state index in [-0.39, 0.29) is 0 Å². The highest BCUT2D eigenvalue weighted by Crippen LogP contribution is 2.23. The number of pyridine rings is 1. The number of hydrogen-bond donors (Lipinski definition) is 0. The third-order valence-electron chi connectivity index (χ3n) is 3.16. The van der Waals surface area contributed by atoms with Gasteiger partial charge in [0.2, 0.25) is 0 Å². The minimum absolute atomic E-state index is 0.582. The molecule has 98 valence electrons. The molecule has 5 nitrogen and oxygen atoms in total.